The van der Waals surface area contributed by atoms with Crippen molar-refractivity contribution in [3.8, 4) is 6.07 Å². The number of nitrogens with zero attached hydrogens (tertiary/aromatic N) is 2. The maximum atomic E-state index is 13.5. The van der Waals surface area contributed by atoms with Gasteiger partial charge in [0.25, 0.3) is 0 Å². The van der Waals surface area contributed by atoms with Crippen LogP contribution in [-0.2, 0) is 6.54 Å². The van der Waals surface area contributed by atoms with Crippen molar-refractivity contribution in [2.24, 2.45) is 0 Å². The fourth-order valence-electron chi connectivity index (χ4n) is 1.50. The second-order valence-electron chi connectivity index (χ2n) is 3.68. The molecular weight excluding hydrogens is 219 g/mol. The third-order valence-electron chi connectivity index (χ3n) is 2.50. The molecule has 1 aromatic carbocycles. The fraction of sp³-hybridized carbons (Fsp3) is 0.167. The summed E-state index contributed by atoms with van der Waals surface area (Å²) < 4.78 is 13.5. The molecular formula is C12H11FN4. The van der Waals surface area contributed by atoms with E-state index in [1.165, 1.54) is 6.07 Å². The van der Waals surface area contributed by atoms with E-state index in [1.807, 2.05) is 12.1 Å². The molecule has 0 bridgehead atoms. The molecule has 1 aromatic heterocycles. The molecule has 0 saturated heterocycles. The Labute approximate surface area is 98.1 Å². The predicted molar refractivity (Wildman–Crippen MR) is 61.8 cm³/mol. The summed E-state index contributed by atoms with van der Waals surface area (Å²) in [6, 6.07) is 6.62. The molecule has 17 heavy (non-hydrogen) atoms. The van der Waals surface area contributed by atoms with Gasteiger partial charge >= 0.3 is 0 Å². The second kappa shape index (κ2) is 4.66. The highest BCUT2D eigenvalue weighted by molar-refractivity contribution is 5.55. The molecule has 0 aliphatic rings. The lowest BCUT2D eigenvalue weighted by Gasteiger charge is -2.09. The van der Waals surface area contributed by atoms with Gasteiger partial charge in [-0.3, -0.25) is 5.10 Å². The zero-order chi connectivity index (χ0) is 12.3. The summed E-state index contributed by atoms with van der Waals surface area (Å²) in [6.45, 7) is 2.18. The molecule has 0 atom stereocenters. The average Bonchev–Trinajstić information content (AvgIpc) is 2.84. The number of benzene rings is 1. The largest absolute Gasteiger partial charge is 0.379 e. The van der Waals surface area contributed by atoms with E-state index >= 15 is 0 Å². The maximum absolute atomic E-state index is 13.5. The molecule has 2 rings (SSSR count). The highest BCUT2D eigenvalue weighted by atomic mass is 19.1. The molecule has 0 amide bonds. The van der Waals surface area contributed by atoms with Gasteiger partial charge in [0.05, 0.1) is 23.9 Å². The van der Waals surface area contributed by atoms with Gasteiger partial charge in [0, 0.05) is 17.4 Å². The molecule has 1 heterocycles. The molecule has 0 aliphatic carbocycles. The number of H-pyrrole nitrogens is 1. The van der Waals surface area contributed by atoms with Crippen molar-refractivity contribution in [2.75, 3.05) is 5.32 Å². The van der Waals surface area contributed by atoms with Crippen LogP contribution in [0.5, 0.6) is 0 Å². The monoisotopic (exact) mass is 230 g/mol. The van der Waals surface area contributed by atoms with Crippen LogP contribution in [0, 0.1) is 24.1 Å². The minimum absolute atomic E-state index is 0.306. The summed E-state index contributed by atoms with van der Waals surface area (Å²) in [5.74, 6) is -0.379. The van der Waals surface area contributed by atoms with Gasteiger partial charge in [-0.1, -0.05) is 0 Å². The van der Waals surface area contributed by atoms with E-state index in [4.69, 9.17) is 5.26 Å². The molecule has 2 N–H and O–H groups in total. The SMILES string of the molecule is Cc1c(F)cc(C#N)cc1NCc1ccn[nH]1. The molecule has 0 radical (unpaired) electrons. The van der Waals surface area contributed by atoms with Crippen molar-refractivity contribution >= 4 is 5.69 Å². The molecule has 0 fully saturated rings. The smallest absolute Gasteiger partial charge is 0.129 e. The Kier molecular flexibility index (Phi) is 3.06. The number of anilines is 1. The van der Waals surface area contributed by atoms with Gasteiger partial charge in [-0.15, -0.1) is 0 Å². The van der Waals surface area contributed by atoms with E-state index in [-0.39, 0.29) is 5.82 Å². The topological polar surface area (TPSA) is 64.5 Å². The lowest BCUT2D eigenvalue weighted by Crippen LogP contribution is -2.03. The van der Waals surface area contributed by atoms with Crippen molar-refractivity contribution < 1.29 is 4.39 Å². The van der Waals surface area contributed by atoms with Gasteiger partial charge in [0.1, 0.15) is 5.82 Å². The zero-order valence-electron chi connectivity index (χ0n) is 9.29. The van der Waals surface area contributed by atoms with Crippen LogP contribution in [0.15, 0.2) is 24.4 Å². The highest BCUT2D eigenvalue weighted by Gasteiger charge is 2.07. The number of rotatable bonds is 3. The molecule has 4 nitrogen and oxygen atoms in total. The van der Waals surface area contributed by atoms with Crippen LogP contribution in [0.25, 0.3) is 0 Å². The quantitative estimate of drug-likeness (QED) is 0.850. The third-order valence-corrected chi connectivity index (χ3v) is 2.50. The minimum Gasteiger partial charge on any atom is -0.379 e. The Hall–Kier alpha value is -2.35. The van der Waals surface area contributed by atoms with E-state index in [0.29, 0.717) is 23.4 Å². The molecule has 5 heteroatoms. The van der Waals surface area contributed by atoms with Gasteiger partial charge in [0.15, 0.2) is 0 Å². The summed E-state index contributed by atoms with van der Waals surface area (Å²) in [5, 5.41) is 18.5. The van der Waals surface area contributed by atoms with Crippen molar-refractivity contribution in [2.45, 2.75) is 13.5 Å². The molecule has 0 spiro atoms. The first-order chi connectivity index (χ1) is 8.20. The van der Waals surface area contributed by atoms with E-state index < -0.39 is 0 Å². The van der Waals surface area contributed by atoms with Gasteiger partial charge in [0.2, 0.25) is 0 Å². The molecule has 2 aromatic rings. The van der Waals surface area contributed by atoms with E-state index in [1.54, 1.807) is 19.2 Å². The fourth-order valence-corrected chi connectivity index (χ4v) is 1.50. The summed E-state index contributed by atoms with van der Waals surface area (Å²) in [5.41, 5.74) is 2.33. The van der Waals surface area contributed by atoms with Crippen LogP contribution < -0.4 is 5.32 Å². The van der Waals surface area contributed by atoms with Crippen molar-refractivity contribution in [1.82, 2.24) is 10.2 Å². The van der Waals surface area contributed by atoms with E-state index in [2.05, 4.69) is 15.5 Å². The number of hydrogen-bond acceptors (Lipinski definition) is 3. The minimum atomic E-state index is -0.379. The van der Waals surface area contributed by atoms with Gasteiger partial charge in [-0.2, -0.15) is 10.4 Å². The summed E-state index contributed by atoms with van der Waals surface area (Å²) >= 11 is 0. The van der Waals surface area contributed by atoms with Crippen LogP contribution in [0.2, 0.25) is 0 Å². The van der Waals surface area contributed by atoms with Gasteiger partial charge < -0.3 is 5.32 Å². The third kappa shape index (κ3) is 2.42. The van der Waals surface area contributed by atoms with Crippen LogP contribution in [-0.4, -0.2) is 10.2 Å². The lowest BCUT2D eigenvalue weighted by atomic mass is 10.1. The van der Waals surface area contributed by atoms with Crippen LogP contribution in [0.4, 0.5) is 10.1 Å². The molecule has 0 aliphatic heterocycles. The van der Waals surface area contributed by atoms with E-state index in [9.17, 15) is 4.39 Å². The number of halogens is 1. The van der Waals surface area contributed by atoms with Crippen LogP contribution in [0.3, 0.4) is 0 Å². The Balaban J connectivity index is 2.20. The normalized spacial score (nSPS) is 9.94. The second-order valence-corrected chi connectivity index (χ2v) is 3.68. The van der Waals surface area contributed by atoms with Crippen molar-refractivity contribution in [3.63, 3.8) is 0 Å². The zero-order valence-corrected chi connectivity index (χ0v) is 9.29. The van der Waals surface area contributed by atoms with E-state index in [0.717, 1.165) is 5.69 Å². The Morgan fingerprint density at radius 1 is 1.53 bits per heavy atom. The Bertz CT molecular complexity index is 555. The number of aromatic amines is 1. The van der Waals surface area contributed by atoms with Crippen molar-refractivity contribution in [1.29, 1.82) is 5.26 Å². The summed E-state index contributed by atoms with van der Waals surface area (Å²) in [4.78, 5) is 0. The summed E-state index contributed by atoms with van der Waals surface area (Å²) in [7, 11) is 0. The first kappa shape index (κ1) is 11.1. The number of nitrogens with one attached hydrogen (secondary N) is 2. The highest BCUT2D eigenvalue weighted by Crippen LogP contribution is 2.20. The number of aromatic nitrogens is 2. The molecule has 0 saturated carbocycles. The number of nitriles is 1. The van der Waals surface area contributed by atoms with Crippen molar-refractivity contribution in [3.05, 3.63) is 47.0 Å². The Morgan fingerprint density at radius 2 is 2.35 bits per heavy atom. The molecule has 86 valence electrons. The Morgan fingerprint density at radius 3 is 3.00 bits per heavy atom. The van der Waals surface area contributed by atoms with Crippen LogP contribution >= 0.6 is 0 Å². The van der Waals surface area contributed by atoms with Gasteiger partial charge in [-0.25, -0.2) is 4.39 Å². The standard InChI is InChI=1S/C12H11FN4/c1-8-11(13)4-9(6-14)5-12(8)15-7-10-2-3-16-17-10/h2-5,15H,7H2,1H3,(H,16,17). The predicted octanol–water partition coefficient (Wildman–Crippen LogP) is 2.34. The lowest BCUT2D eigenvalue weighted by molar-refractivity contribution is 0.618. The number of hydrogen-bond donors (Lipinski definition) is 2. The molecule has 0 unspecified atom stereocenters. The first-order valence-electron chi connectivity index (χ1n) is 5.13. The van der Waals surface area contributed by atoms with Gasteiger partial charge in [-0.05, 0) is 25.1 Å². The average molecular weight is 230 g/mol. The summed E-state index contributed by atoms with van der Waals surface area (Å²) in [6.07, 6.45) is 1.65. The van der Waals surface area contributed by atoms with Crippen LogP contribution in [0.1, 0.15) is 16.8 Å². The maximum Gasteiger partial charge on any atom is 0.129 e. The first-order valence-corrected chi connectivity index (χ1v) is 5.13.